The second kappa shape index (κ2) is 11.4. The number of carboxylic acids is 1. The predicted octanol–water partition coefficient (Wildman–Crippen LogP) is -3.40. The number of aromatic amines is 1. The van der Waals surface area contributed by atoms with Crippen molar-refractivity contribution in [1.29, 1.82) is 0 Å². The number of fused-ring (bicyclic) bond motifs is 1. The molecule has 3 rings (SSSR count). The molecule has 2 aromatic heterocycles. The zero-order valence-corrected chi connectivity index (χ0v) is 19.3. The fraction of sp³-hybridized carbons (Fsp3) is 0.600. The number of rotatable bonds is 8. The van der Waals surface area contributed by atoms with E-state index in [0.717, 1.165) is 10.9 Å². The molecule has 0 amide bonds. The van der Waals surface area contributed by atoms with Crippen LogP contribution in [-0.4, -0.2) is 97.8 Å². The van der Waals surface area contributed by atoms with E-state index in [1.54, 1.807) is 0 Å². The van der Waals surface area contributed by atoms with Crippen LogP contribution in [0, 0.1) is 0 Å². The van der Waals surface area contributed by atoms with E-state index in [9.17, 15) is 28.6 Å². The van der Waals surface area contributed by atoms with Gasteiger partial charge in [-0.2, -0.15) is 4.98 Å². The van der Waals surface area contributed by atoms with Crippen LogP contribution in [0.2, 0.25) is 0 Å². The number of aromatic nitrogens is 4. The Hall–Kier alpha value is -2.28. The number of aliphatic hydroxyl groups excluding tert-OH is 2. The van der Waals surface area contributed by atoms with E-state index in [-0.39, 0.29) is 23.5 Å². The van der Waals surface area contributed by atoms with E-state index in [1.165, 1.54) is 6.26 Å². The highest BCUT2D eigenvalue weighted by molar-refractivity contribution is 7.84. The van der Waals surface area contributed by atoms with Crippen molar-refractivity contribution >= 4 is 41.7 Å². The Balaban J connectivity index is 0.000000347. The molecule has 1 aliphatic rings. The number of nitrogens with one attached hydrogen (secondary N) is 1. The number of nitrogens with two attached hydrogens (primary N) is 2. The Morgan fingerprint density at radius 1 is 1.47 bits per heavy atom. The molecule has 1 fully saturated rings. The van der Waals surface area contributed by atoms with E-state index in [0.29, 0.717) is 5.75 Å². The highest BCUT2D eigenvalue weighted by atomic mass is 32.2. The highest BCUT2D eigenvalue weighted by Crippen LogP contribution is 2.44. The van der Waals surface area contributed by atoms with Crippen LogP contribution in [0.15, 0.2) is 11.1 Å². The van der Waals surface area contributed by atoms with Crippen molar-refractivity contribution in [2.24, 2.45) is 5.73 Å². The van der Waals surface area contributed by atoms with Crippen molar-refractivity contribution in [3.63, 3.8) is 0 Å². The summed E-state index contributed by atoms with van der Waals surface area (Å²) in [4.78, 5) is 49.7. The Labute approximate surface area is 193 Å². The second-order valence-corrected chi connectivity index (χ2v) is 9.83. The molecule has 0 spiro atoms. The lowest BCUT2D eigenvalue weighted by molar-refractivity contribution is -0.138. The molecule has 192 valence electrons. The molecule has 6 atom stereocenters. The fourth-order valence-electron chi connectivity index (χ4n) is 2.93. The van der Waals surface area contributed by atoms with E-state index in [1.807, 2.05) is 0 Å². The number of hydrogen-bond acceptors (Lipinski definition) is 12. The maximum Gasteiger partial charge on any atom is 0.470 e. The van der Waals surface area contributed by atoms with Crippen LogP contribution < -0.4 is 17.0 Å². The van der Waals surface area contributed by atoms with Gasteiger partial charge in [0.05, 0.1) is 12.9 Å². The summed E-state index contributed by atoms with van der Waals surface area (Å²) in [7, 11) is -5.88. The van der Waals surface area contributed by atoms with Crippen molar-refractivity contribution in [2.45, 2.75) is 37.0 Å². The zero-order chi connectivity index (χ0) is 25.8. The van der Waals surface area contributed by atoms with Crippen molar-refractivity contribution in [3.05, 3.63) is 16.7 Å². The SMILES string of the molecule is CS(=O)CCC(N)C(=O)O.Nc1nc2c(ncn2[C@@H]2O[C@H](CO)[C@@H](OP(=O)(O)O)[C@H]2O)c(=O)[nH]1. The molecule has 0 aliphatic carbocycles. The number of phosphoric ester groups is 1. The number of H-pyrrole nitrogens is 1. The first kappa shape index (κ1) is 28.0. The molecule has 19 heteroatoms. The van der Waals surface area contributed by atoms with Gasteiger partial charge in [0.2, 0.25) is 5.95 Å². The standard InChI is InChI=1S/C10H14N5O8P.C5H11NO3S/c11-10-13-7-4(8(18)14-10)12-2-15(7)9-5(17)6(3(1-16)22-9)23-24(19,20)21;1-10(9)3-2-4(6)5(7)8/h2-3,5-6,9,16-17H,1H2,(H2,19,20,21)(H3,11,13,14,18);4H,2-3,6H2,1H3,(H,7,8)/t3-,5-,6-,9-;/m1./s1. The van der Waals surface area contributed by atoms with Gasteiger partial charge in [-0.3, -0.25) is 27.9 Å². The normalized spacial score (nSPS) is 24.4. The van der Waals surface area contributed by atoms with Gasteiger partial charge in [0, 0.05) is 22.8 Å². The maximum atomic E-state index is 11.8. The number of nitrogen functional groups attached to an aromatic ring is 1. The number of anilines is 1. The fourth-order valence-corrected chi connectivity index (χ4v) is 4.09. The first-order chi connectivity index (χ1) is 15.7. The van der Waals surface area contributed by atoms with E-state index < -0.39 is 67.3 Å². The smallest absolute Gasteiger partial charge is 0.470 e. The molecule has 17 nitrogen and oxygen atoms in total. The van der Waals surface area contributed by atoms with Crippen molar-refractivity contribution < 1.29 is 47.9 Å². The third-order valence-corrected chi connectivity index (χ3v) is 5.84. The van der Waals surface area contributed by atoms with Crippen molar-refractivity contribution in [1.82, 2.24) is 19.5 Å². The van der Waals surface area contributed by atoms with Gasteiger partial charge in [-0.05, 0) is 6.42 Å². The number of carboxylic acid groups (broad SMARTS) is 1. The molecular formula is C15H25N6O11PS. The van der Waals surface area contributed by atoms with Gasteiger partial charge in [0.25, 0.3) is 5.56 Å². The number of aliphatic hydroxyl groups is 2. The van der Waals surface area contributed by atoms with E-state index in [2.05, 4.69) is 19.5 Å². The third kappa shape index (κ3) is 7.11. The monoisotopic (exact) mass is 528 g/mol. The number of ether oxygens (including phenoxy) is 1. The molecule has 3 heterocycles. The maximum absolute atomic E-state index is 11.8. The van der Waals surface area contributed by atoms with Gasteiger partial charge in [0.1, 0.15) is 24.4 Å². The van der Waals surface area contributed by atoms with E-state index >= 15 is 0 Å². The molecule has 1 saturated heterocycles. The van der Waals surface area contributed by atoms with Crippen LogP contribution in [0.4, 0.5) is 5.95 Å². The van der Waals surface area contributed by atoms with Gasteiger partial charge in [-0.1, -0.05) is 0 Å². The molecular weight excluding hydrogens is 503 g/mol. The quantitative estimate of drug-likeness (QED) is 0.155. The Morgan fingerprint density at radius 3 is 2.65 bits per heavy atom. The predicted molar refractivity (Wildman–Crippen MR) is 116 cm³/mol. The molecule has 34 heavy (non-hydrogen) atoms. The number of nitrogens with zero attached hydrogens (tertiary/aromatic N) is 3. The zero-order valence-electron chi connectivity index (χ0n) is 17.6. The van der Waals surface area contributed by atoms with Crippen LogP contribution in [0.5, 0.6) is 0 Å². The second-order valence-electron chi connectivity index (χ2n) is 7.08. The number of phosphoric acid groups is 1. The number of hydrogen-bond donors (Lipinski definition) is 8. The number of imidazole rings is 1. The summed E-state index contributed by atoms with van der Waals surface area (Å²) in [6.45, 7) is -0.666. The summed E-state index contributed by atoms with van der Waals surface area (Å²) in [5.41, 5.74) is 9.92. The molecule has 1 aliphatic heterocycles. The molecule has 0 aromatic carbocycles. The van der Waals surface area contributed by atoms with Crippen LogP contribution in [0.25, 0.3) is 11.2 Å². The van der Waals surface area contributed by atoms with Gasteiger partial charge >= 0.3 is 13.8 Å². The highest BCUT2D eigenvalue weighted by Gasteiger charge is 2.48. The summed E-state index contributed by atoms with van der Waals surface area (Å²) in [5, 5.41) is 27.8. The molecule has 2 unspecified atom stereocenters. The molecule has 10 N–H and O–H groups in total. The lowest BCUT2D eigenvalue weighted by Crippen LogP contribution is -2.35. The van der Waals surface area contributed by atoms with Crippen LogP contribution >= 0.6 is 7.82 Å². The lowest BCUT2D eigenvalue weighted by atomic mass is 10.1. The Morgan fingerprint density at radius 2 is 2.12 bits per heavy atom. The number of carbonyl (C=O) groups is 1. The van der Waals surface area contributed by atoms with Crippen molar-refractivity contribution in [2.75, 3.05) is 24.3 Å². The first-order valence-corrected chi connectivity index (χ1v) is 12.7. The van der Waals surface area contributed by atoms with E-state index in [4.69, 9.17) is 31.1 Å². The topological polar surface area (TPSA) is 286 Å². The summed E-state index contributed by atoms with van der Waals surface area (Å²) in [5.74, 6) is -0.873. The molecule has 0 saturated carbocycles. The van der Waals surface area contributed by atoms with Gasteiger partial charge in [-0.15, -0.1) is 0 Å². The summed E-state index contributed by atoms with van der Waals surface area (Å²) < 4.78 is 32.5. The average Bonchev–Trinajstić information content (AvgIpc) is 3.26. The molecule has 2 aromatic rings. The van der Waals surface area contributed by atoms with Gasteiger partial charge < -0.3 is 41.3 Å². The summed E-state index contributed by atoms with van der Waals surface area (Å²) in [6, 6.07) is -0.871. The van der Waals surface area contributed by atoms with Crippen LogP contribution in [0.3, 0.4) is 0 Å². The largest absolute Gasteiger partial charge is 0.480 e. The minimum Gasteiger partial charge on any atom is -0.480 e. The summed E-state index contributed by atoms with van der Waals surface area (Å²) >= 11 is 0. The average molecular weight is 528 g/mol. The Bertz CT molecular complexity index is 1140. The Kier molecular flexibility index (Phi) is 9.40. The van der Waals surface area contributed by atoms with Gasteiger partial charge in [-0.25, -0.2) is 9.55 Å². The minimum atomic E-state index is -4.94. The van der Waals surface area contributed by atoms with Crippen molar-refractivity contribution in [3.8, 4) is 0 Å². The minimum absolute atomic E-state index is 0.00572. The molecule has 0 radical (unpaired) electrons. The van der Waals surface area contributed by atoms with Gasteiger partial charge in [0.15, 0.2) is 17.4 Å². The van der Waals surface area contributed by atoms with Crippen LogP contribution in [0.1, 0.15) is 12.6 Å². The van der Waals surface area contributed by atoms with Crippen LogP contribution in [-0.2, 0) is 29.4 Å². The summed E-state index contributed by atoms with van der Waals surface area (Å²) in [6.07, 6.45) is -2.60. The molecule has 0 bridgehead atoms. The first-order valence-electron chi connectivity index (χ1n) is 9.44. The third-order valence-electron chi connectivity index (χ3n) is 4.51. The lowest BCUT2D eigenvalue weighted by Gasteiger charge is -2.20. The number of aliphatic carboxylic acids is 1.